The topological polar surface area (TPSA) is 29.1 Å². The third-order valence-electron chi connectivity index (χ3n) is 3.11. The number of carbonyl (C=O) groups is 1. The molecule has 1 atom stereocenters. The van der Waals surface area contributed by atoms with Gasteiger partial charge in [0.05, 0.1) is 5.25 Å². The molecule has 0 aliphatic rings. The predicted molar refractivity (Wildman–Crippen MR) is 84.7 cm³/mol. The summed E-state index contributed by atoms with van der Waals surface area (Å²) in [6.45, 7) is 4.09. The van der Waals surface area contributed by atoms with E-state index in [1.54, 1.807) is 18.2 Å². The van der Waals surface area contributed by atoms with E-state index in [9.17, 15) is 9.18 Å². The third kappa shape index (κ3) is 4.60. The van der Waals surface area contributed by atoms with E-state index in [4.69, 9.17) is 0 Å². The average molecular weight is 303 g/mol. The zero-order valence-corrected chi connectivity index (χ0v) is 12.9. The van der Waals surface area contributed by atoms with Crippen LogP contribution in [0.4, 0.5) is 4.39 Å². The maximum absolute atomic E-state index is 13.5. The molecule has 0 aliphatic heterocycles. The van der Waals surface area contributed by atoms with Gasteiger partial charge in [-0.25, -0.2) is 4.39 Å². The summed E-state index contributed by atoms with van der Waals surface area (Å²) in [5, 5.41) is 2.55. The van der Waals surface area contributed by atoms with Crippen molar-refractivity contribution in [2.75, 3.05) is 0 Å². The van der Waals surface area contributed by atoms with Crippen molar-refractivity contribution in [1.82, 2.24) is 5.32 Å². The second-order valence-corrected chi connectivity index (χ2v) is 6.30. The highest BCUT2D eigenvalue weighted by atomic mass is 32.2. The van der Waals surface area contributed by atoms with Crippen LogP contribution in [0.5, 0.6) is 0 Å². The van der Waals surface area contributed by atoms with E-state index in [-0.39, 0.29) is 23.5 Å². The molecule has 1 amide bonds. The van der Waals surface area contributed by atoms with Crippen LogP contribution in [0.25, 0.3) is 0 Å². The highest BCUT2D eigenvalue weighted by Gasteiger charge is 2.14. The number of amides is 1. The van der Waals surface area contributed by atoms with E-state index < -0.39 is 0 Å². The second kappa shape index (κ2) is 7.27. The van der Waals surface area contributed by atoms with Crippen LogP contribution in [0.15, 0.2) is 53.4 Å². The summed E-state index contributed by atoms with van der Waals surface area (Å²) in [6, 6.07) is 14.5. The fourth-order valence-corrected chi connectivity index (χ4v) is 2.73. The average Bonchev–Trinajstić information content (AvgIpc) is 2.48. The van der Waals surface area contributed by atoms with Crippen LogP contribution in [0, 0.1) is 12.7 Å². The third-order valence-corrected chi connectivity index (χ3v) is 4.23. The zero-order chi connectivity index (χ0) is 15.2. The van der Waals surface area contributed by atoms with E-state index in [2.05, 4.69) is 5.32 Å². The highest BCUT2D eigenvalue weighted by Crippen LogP contribution is 2.23. The number of rotatable bonds is 5. The number of nitrogens with one attached hydrogen (secondary N) is 1. The minimum absolute atomic E-state index is 0.0937. The van der Waals surface area contributed by atoms with Gasteiger partial charge >= 0.3 is 0 Å². The Morgan fingerprint density at radius 2 is 1.86 bits per heavy atom. The number of carbonyl (C=O) groups excluding carboxylic acids is 1. The van der Waals surface area contributed by atoms with Gasteiger partial charge in [0.15, 0.2) is 0 Å². The molecule has 2 aromatic carbocycles. The molecule has 2 aromatic rings. The Bertz CT molecular complexity index is 612. The number of aryl methyl sites for hydroxylation is 1. The number of halogens is 1. The molecule has 1 N–H and O–H groups in total. The minimum Gasteiger partial charge on any atom is -0.351 e. The summed E-state index contributed by atoms with van der Waals surface area (Å²) in [7, 11) is 0. The first-order valence-corrected chi connectivity index (χ1v) is 7.68. The lowest BCUT2D eigenvalue weighted by molar-refractivity contribution is -0.120. The van der Waals surface area contributed by atoms with Gasteiger partial charge in [0.25, 0.3) is 0 Å². The summed E-state index contributed by atoms with van der Waals surface area (Å²) >= 11 is 1.49. The van der Waals surface area contributed by atoms with Gasteiger partial charge in [-0.1, -0.05) is 35.9 Å². The van der Waals surface area contributed by atoms with Crippen molar-refractivity contribution < 1.29 is 9.18 Å². The van der Waals surface area contributed by atoms with Crippen LogP contribution < -0.4 is 5.32 Å². The lowest BCUT2D eigenvalue weighted by Gasteiger charge is -2.12. The Labute approximate surface area is 128 Å². The molecule has 2 nitrogen and oxygen atoms in total. The highest BCUT2D eigenvalue weighted by molar-refractivity contribution is 8.00. The van der Waals surface area contributed by atoms with Crippen molar-refractivity contribution >= 4 is 17.7 Å². The Hall–Kier alpha value is -1.81. The fourth-order valence-electron chi connectivity index (χ4n) is 1.84. The van der Waals surface area contributed by atoms with Gasteiger partial charge in [0, 0.05) is 17.0 Å². The van der Waals surface area contributed by atoms with Crippen molar-refractivity contribution in [3.05, 3.63) is 65.5 Å². The molecule has 0 unspecified atom stereocenters. The van der Waals surface area contributed by atoms with Crippen LogP contribution in [0.2, 0.25) is 0 Å². The lowest BCUT2D eigenvalue weighted by Crippen LogP contribution is -2.30. The van der Waals surface area contributed by atoms with Crippen LogP contribution >= 0.6 is 11.8 Å². The predicted octanol–water partition coefficient (Wildman–Crippen LogP) is 3.93. The van der Waals surface area contributed by atoms with Gasteiger partial charge in [-0.2, -0.15) is 0 Å². The zero-order valence-electron chi connectivity index (χ0n) is 12.1. The lowest BCUT2D eigenvalue weighted by atomic mass is 10.2. The molecule has 0 saturated carbocycles. The molecule has 0 spiro atoms. The Morgan fingerprint density at radius 1 is 1.19 bits per heavy atom. The van der Waals surface area contributed by atoms with Gasteiger partial charge in [-0.05, 0) is 32.0 Å². The fraction of sp³-hybridized carbons (Fsp3) is 0.235. The van der Waals surface area contributed by atoms with Crippen LogP contribution in [0.1, 0.15) is 18.1 Å². The first kappa shape index (κ1) is 15.6. The molecule has 0 heterocycles. The van der Waals surface area contributed by atoms with Crippen LogP contribution in [-0.2, 0) is 11.3 Å². The second-order valence-electron chi connectivity index (χ2n) is 4.88. The summed E-state index contributed by atoms with van der Waals surface area (Å²) in [6.07, 6.45) is 0. The van der Waals surface area contributed by atoms with Crippen molar-refractivity contribution in [3.8, 4) is 0 Å². The van der Waals surface area contributed by atoms with Crippen molar-refractivity contribution in [3.63, 3.8) is 0 Å². The molecule has 21 heavy (non-hydrogen) atoms. The Morgan fingerprint density at radius 3 is 2.52 bits per heavy atom. The van der Waals surface area contributed by atoms with Gasteiger partial charge in [0.2, 0.25) is 5.91 Å². The normalized spacial score (nSPS) is 12.0. The number of hydrogen-bond donors (Lipinski definition) is 1. The van der Waals surface area contributed by atoms with E-state index in [0.717, 1.165) is 4.90 Å². The number of thioether (sulfide) groups is 1. The maximum Gasteiger partial charge on any atom is 0.233 e. The molecule has 4 heteroatoms. The standard InChI is InChI=1S/C17H18FNOS/c1-12-7-9-15(10-8-12)21-13(2)17(20)19-11-14-5-3-4-6-16(14)18/h3-10,13H,11H2,1-2H3,(H,19,20)/t13-/m0/s1. The number of benzene rings is 2. The smallest absolute Gasteiger partial charge is 0.233 e. The van der Waals surface area contributed by atoms with Crippen molar-refractivity contribution in [2.24, 2.45) is 0 Å². The monoisotopic (exact) mass is 303 g/mol. The minimum atomic E-state index is -0.295. The van der Waals surface area contributed by atoms with E-state index in [0.29, 0.717) is 5.56 Å². The molecule has 0 bridgehead atoms. The van der Waals surface area contributed by atoms with Crippen molar-refractivity contribution in [1.29, 1.82) is 0 Å². The molecular weight excluding hydrogens is 285 g/mol. The van der Waals surface area contributed by atoms with Crippen molar-refractivity contribution in [2.45, 2.75) is 30.5 Å². The first-order valence-electron chi connectivity index (χ1n) is 6.80. The van der Waals surface area contributed by atoms with Gasteiger partial charge in [-0.15, -0.1) is 11.8 Å². The molecule has 0 aromatic heterocycles. The maximum atomic E-state index is 13.5. The molecule has 0 radical (unpaired) electrons. The summed E-state index contributed by atoms with van der Waals surface area (Å²) in [5.74, 6) is -0.388. The van der Waals surface area contributed by atoms with E-state index >= 15 is 0 Å². The van der Waals surface area contributed by atoms with E-state index in [1.165, 1.54) is 23.4 Å². The summed E-state index contributed by atoms with van der Waals surface area (Å²) < 4.78 is 13.5. The molecule has 2 rings (SSSR count). The summed E-state index contributed by atoms with van der Waals surface area (Å²) in [5.41, 5.74) is 1.69. The molecule has 0 aliphatic carbocycles. The van der Waals surface area contributed by atoms with Gasteiger partial charge in [0.1, 0.15) is 5.82 Å². The van der Waals surface area contributed by atoms with E-state index in [1.807, 2.05) is 38.1 Å². The SMILES string of the molecule is Cc1ccc(S[C@@H](C)C(=O)NCc2ccccc2F)cc1. The van der Waals surface area contributed by atoms with Crippen LogP contribution in [0.3, 0.4) is 0 Å². The molecular formula is C17H18FNOS. The molecule has 110 valence electrons. The summed E-state index contributed by atoms with van der Waals surface area (Å²) in [4.78, 5) is 13.1. The Kier molecular flexibility index (Phi) is 5.39. The molecule has 0 saturated heterocycles. The molecule has 0 fully saturated rings. The first-order chi connectivity index (χ1) is 10.1. The van der Waals surface area contributed by atoms with Gasteiger partial charge in [-0.3, -0.25) is 4.79 Å². The van der Waals surface area contributed by atoms with Gasteiger partial charge < -0.3 is 5.32 Å². The number of hydrogen-bond acceptors (Lipinski definition) is 2. The Balaban J connectivity index is 1.88. The largest absolute Gasteiger partial charge is 0.351 e. The van der Waals surface area contributed by atoms with Crippen LogP contribution in [-0.4, -0.2) is 11.2 Å². The quantitative estimate of drug-likeness (QED) is 0.848.